The van der Waals surface area contributed by atoms with Crippen LogP contribution in [0.4, 0.5) is 11.5 Å². The number of aliphatic hydroxyl groups is 2. The zero-order valence-corrected chi connectivity index (χ0v) is 17.2. The molecule has 5 atom stereocenters. The summed E-state index contributed by atoms with van der Waals surface area (Å²) < 4.78 is 2.10. The van der Waals surface area contributed by atoms with E-state index in [1.165, 1.54) is 0 Å². The van der Waals surface area contributed by atoms with Crippen LogP contribution in [0.5, 0.6) is 0 Å². The molecule has 2 aliphatic rings. The number of nitrogens with one attached hydrogen (secondary N) is 1. The van der Waals surface area contributed by atoms with Crippen molar-refractivity contribution in [3.8, 4) is 11.1 Å². The van der Waals surface area contributed by atoms with Crippen LogP contribution in [0.1, 0.15) is 13.3 Å². The van der Waals surface area contributed by atoms with Crippen molar-refractivity contribution >= 4 is 22.5 Å². The van der Waals surface area contributed by atoms with Crippen LogP contribution in [0, 0.1) is 11.8 Å². The van der Waals surface area contributed by atoms with Crippen molar-refractivity contribution in [1.82, 2.24) is 14.5 Å². The Labute approximate surface area is 180 Å². The first-order valence-corrected chi connectivity index (χ1v) is 10.7. The summed E-state index contributed by atoms with van der Waals surface area (Å²) in [6.07, 6.45) is 2.95. The molecule has 0 amide bonds. The molecule has 6 nitrogen and oxygen atoms in total. The first-order valence-electron chi connectivity index (χ1n) is 10.7. The van der Waals surface area contributed by atoms with Gasteiger partial charge in [-0.25, -0.2) is 9.97 Å². The van der Waals surface area contributed by atoms with Crippen LogP contribution in [0.15, 0.2) is 73.2 Å². The molecule has 2 aliphatic carbocycles. The maximum Gasteiger partial charge on any atom is 0.146 e. The fraction of sp³-hybridized carbons (Fsp3) is 0.280. The van der Waals surface area contributed by atoms with Gasteiger partial charge in [-0.05, 0) is 36.0 Å². The average Bonchev–Trinajstić information content (AvgIpc) is 3.39. The Morgan fingerprint density at radius 2 is 1.71 bits per heavy atom. The zero-order chi connectivity index (χ0) is 21.2. The maximum atomic E-state index is 11.0. The highest BCUT2D eigenvalue weighted by atomic mass is 16.3. The second-order valence-electron chi connectivity index (χ2n) is 8.79. The number of nitrogens with zero attached hydrogens (tertiary/aromatic N) is 3. The Morgan fingerprint density at radius 3 is 2.39 bits per heavy atom. The molecule has 2 unspecified atom stereocenters. The lowest BCUT2D eigenvalue weighted by atomic mass is 10.0. The maximum absolute atomic E-state index is 11.0. The standard InChI is InChI=1S/C25H24N4O2/c1-15-19-12-25(19,22(31)21(15)30)29-13-18(16-8-4-2-5-9-16)20-23(26-14-27-24(20)29)28-17-10-6-3-7-11-17/h2-11,13-15,19,21-22,30-31H,12H2,1H3,(H,26,27,28)/t15-,19-,21?,22?,25+/m0/s1. The fourth-order valence-corrected chi connectivity index (χ4v) is 5.48. The summed E-state index contributed by atoms with van der Waals surface area (Å²) in [5.41, 5.74) is 3.28. The molecule has 0 radical (unpaired) electrons. The second kappa shape index (κ2) is 6.64. The number of rotatable bonds is 4. The number of aliphatic hydroxyl groups excluding tert-OH is 2. The molecule has 6 heteroatoms. The summed E-state index contributed by atoms with van der Waals surface area (Å²) in [5.74, 6) is 1.01. The number of benzene rings is 2. The van der Waals surface area contributed by atoms with E-state index in [4.69, 9.17) is 0 Å². The van der Waals surface area contributed by atoms with Crippen LogP contribution in [-0.4, -0.2) is 37.0 Å². The predicted octanol–water partition coefficient (Wildman–Crippen LogP) is 3.93. The molecule has 2 fully saturated rings. The first kappa shape index (κ1) is 18.5. The van der Waals surface area contributed by atoms with Crippen LogP contribution in [-0.2, 0) is 5.54 Å². The summed E-state index contributed by atoms with van der Waals surface area (Å²) in [6.45, 7) is 2.02. The normalized spacial score (nSPS) is 29.1. The highest BCUT2D eigenvalue weighted by Crippen LogP contribution is 2.65. The van der Waals surface area contributed by atoms with E-state index in [9.17, 15) is 10.2 Å². The van der Waals surface area contributed by atoms with Crippen molar-refractivity contribution < 1.29 is 10.2 Å². The Hall–Kier alpha value is -3.22. The van der Waals surface area contributed by atoms with E-state index in [-0.39, 0.29) is 11.8 Å². The molecule has 2 aromatic heterocycles. The minimum absolute atomic E-state index is 0.0522. The number of anilines is 2. The molecule has 6 rings (SSSR count). The average molecular weight is 412 g/mol. The van der Waals surface area contributed by atoms with E-state index in [0.29, 0.717) is 0 Å². The van der Waals surface area contributed by atoms with Gasteiger partial charge < -0.3 is 20.1 Å². The van der Waals surface area contributed by atoms with Crippen molar-refractivity contribution in [2.75, 3.05) is 5.32 Å². The van der Waals surface area contributed by atoms with Gasteiger partial charge in [-0.3, -0.25) is 0 Å². The molecular formula is C25H24N4O2. The molecule has 0 saturated heterocycles. The van der Waals surface area contributed by atoms with E-state index in [2.05, 4.69) is 38.2 Å². The molecule has 31 heavy (non-hydrogen) atoms. The Morgan fingerprint density at radius 1 is 1.00 bits per heavy atom. The van der Waals surface area contributed by atoms with E-state index in [1.807, 2.05) is 55.5 Å². The predicted molar refractivity (Wildman–Crippen MR) is 120 cm³/mol. The SMILES string of the molecule is C[C@@H]1C(O)C(O)[C@@]2(n3cc(-c4ccccc4)c4c(Nc5ccccc5)ncnc43)C[C@@H]12. The van der Waals surface area contributed by atoms with Crippen LogP contribution in [0.3, 0.4) is 0 Å². The van der Waals surface area contributed by atoms with Gasteiger partial charge >= 0.3 is 0 Å². The largest absolute Gasteiger partial charge is 0.390 e. The zero-order valence-electron chi connectivity index (χ0n) is 17.2. The summed E-state index contributed by atoms with van der Waals surface area (Å²) in [6, 6.07) is 20.1. The van der Waals surface area contributed by atoms with Crippen LogP contribution in [0.2, 0.25) is 0 Å². The summed E-state index contributed by atoms with van der Waals surface area (Å²) in [5, 5.41) is 25.9. The quantitative estimate of drug-likeness (QED) is 0.473. The molecular weight excluding hydrogens is 388 g/mol. The molecule has 2 heterocycles. The Bertz CT molecular complexity index is 1250. The van der Waals surface area contributed by atoms with E-state index >= 15 is 0 Å². The van der Waals surface area contributed by atoms with Crippen LogP contribution in [0.25, 0.3) is 22.2 Å². The van der Waals surface area contributed by atoms with Gasteiger partial charge in [-0.2, -0.15) is 0 Å². The van der Waals surface area contributed by atoms with E-state index in [0.717, 1.165) is 40.1 Å². The smallest absolute Gasteiger partial charge is 0.146 e. The lowest BCUT2D eigenvalue weighted by Gasteiger charge is -2.24. The fourth-order valence-electron chi connectivity index (χ4n) is 5.48. The van der Waals surface area contributed by atoms with Crippen molar-refractivity contribution in [3.63, 3.8) is 0 Å². The molecule has 0 spiro atoms. The van der Waals surface area contributed by atoms with Crippen molar-refractivity contribution in [2.24, 2.45) is 11.8 Å². The Kier molecular flexibility index (Phi) is 3.97. The summed E-state index contributed by atoms with van der Waals surface area (Å²) in [7, 11) is 0. The third-order valence-corrected chi connectivity index (χ3v) is 7.19. The van der Waals surface area contributed by atoms with E-state index < -0.39 is 17.7 Å². The molecule has 156 valence electrons. The Balaban J connectivity index is 1.58. The monoisotopic (exact) mass is 412 g/mol. The van der Waals surface area contributed by atoms with Gasteiger partial charge in [0.25, 0.3) is 0 Å². The lowest BCUT2D eigenvalue weighted by Crippen LogP contribution is -2.37. The number of hydrogen-bond donors (Lipinski definition) is 3. The highest BCUT2D eigenvalue weighted by Gasteiger charge is 2.71. The molecule has 2 saturated carbocycles. The van der Waals surface area contributed by atoms with Crippen LogP contribution < -0.4 is 5.32 Å². The number of aromatic nitrogens is 3. The van der Waals surface area contributed by atoms with Gasteiger partial charge in [0.2, 0.25) is 0 Å². The van der Waals surface area contributed by atoms with Crippen molar-refractivity contribution in [1.29, 1.82) is 0 Å². The number of fused-ring (bicyclic) bond motifs is 2. The molecule has 3 N–H and O–H groups in total. The molecule has 0 bridgehead atoms. The van der Waals surface area contributed by atoms with Crippen molar-refractivity contribution in [3.05, 3.63) is 73.2 Å². The molecule has 2 aromatic carbocycles. The third-order valence-electron chi connectivity index (χ3n) is 7.19. The molecule has 4 aromatic rings. The second-order valence-corrected chi connectivity index (χ2v) is 8.79. The number of para-hydroxylation sites is 1. The van der Waals surface area contributed by atoms with Gasteiger partial charge in [0, 0.05) is 17.4 Å². The molecule has 0 aliphatic heterocycles. The van der Waals surface area contributed by atoms with Crippen molar-refractivity contribution in [2.45, 2.75) is 31.1 Å². The number of hydrogen-bond acceptors (Lipinski definition) is 5. The van der Waals surface area contributed by atoms with Crippen LogP contribution >= 0.6 is 0 Å². The van der Waals surface area contributed by atoms with Gasteiger partial charge in [-0.1, -0.05) is 55.5 Å². The highest BCUT2D eigenvalue weighted by molar-refractivity contribution is 6.02. The summed E-state index contributed by atoms with van der Waals surface area (Å²) >= 11 is 0. The van der Waals surface area contributed by atoms with Gasteiger partial charge in [-0.15, -0.1) is 0 Å². The lowest BCUT2D eigenvalue weighted by molar-refractivity contribution is -0.0138. The van der Waals surface area contributed by atoms with Gasteiger partial charge in [0.05, 0.1) is 17.0 Å². The van der Waals surface area contributed by atoms with Gasteiger partial charge in [0.15, 0.2) is 0 Å². The topological polar surface area (TPSA) is 83.2 Å². The van der Waals surface area contributed by atoms with E-state index in [1.54, 1.807) is 6.33 Å². The minimum Gasteiger partial charge on any atom is -0.390 e. The van der Waals surface area contributed by atoms with Gasteiger partial charge in [0.1, 0.15) is 23.9 Å². The third kappa shape index (κ3) is 2.58. The summed E-state index contributed by atoms with van der Waals surface area (Å²) in [4.78, 5) is 9.22. The minimum atomic E-state index is -0.813. The first-order chi connectivity index (χ1) is 15.1.